The quantitative estimate of drug-likeness (QED) is 0.451. The van der Waals surface area contributed by atoms with Crippen molar-refractivity contribution in [1.82, 2.24) is 36.4 Å². The van der Waals surface area contributed by atoms with E-state index in [0.717, 1.165) is 17.3 Å². The van der Waals surface area contributed by atoms with Crippen molar-refractivity contribution in [2.24, 2.45) is 7.05 Å². The van der Waals surface area contributed by atoms with Crippen LogP contribution in [0.5, 0.6) is 0 Å². The summed E-state index contributed by atoms with van der Waals surface area (Å²) in [5.74, 6) is 0.777. The molecule has 2 unspecified atom stereocenters. The van der Waals surface area contributed by atoms with Crippen LogP contribution in [-0.2, 0) is 11.8 Å². The van der Waals surface area contributed by atoms with Gasteiger partial charge in [0.1, 0.15) is 6.04 Å². The van der Waals surface area contributed by atoms with Crippen molar-refractivity contribution in [1.29, 1.82) is 0 Å². The Hall–Kier alpha value is -1.19. The van der Waals surface area contributed by atoms with Crippen molar-refractivity contribution in [3.05, 3.63) is 0 Å². The molecule has 1 fully saturated rings. The highest BCUT2D eigenvalue weighted by atomic mass is 32.2. The van der Waals surface area contributed by atoms with Crippen LogP contribution >= 0.6 is 11.8 Å². The second kappa shape index (κ2) is 6.12. The van der Waals surface area contributed by atoms with Crippen LogP contribution < -0.4 is 16.2 Å². The first-order chi connectivity index (χ1) is 8.66. The molecule has 2 heterocycles. The molecule has 0 bridgehead atoms. The fourth-order valence-corrected chi connectivity index (χ4v) is 2.37. The number of aryl methyl sites for hydroxylation is 1. The summed E-state index contributed by atoms with van der Waals surface area (Å²) in [6.45, 7) is 2.64. The molecule has 0 radical (unpaired) electrons. The molecular formula is C9H17N7OS. The molecule has 0 spiro atoms. The van der Waals surface area contributed by atoms with Crippen LogP contribution in [0.1, 0.15) is 13.3 Å². The number of aromatic nitrogens is 4. The first kappa shape index (κ1) is 13.2. The van der Waals surface area contributed by atoms with Crippen LogP contribution in [0.15, 0.2) is 5.16 Å². The van der Waals surface area contributed by atoms with Gasteiger partial charge < -0.3 is 5.32 Å². The van der Waals surface area contributed by atoms with Crippen molar-refractivity contribution >= 4 is 17.7 Å². The Balaban J connectivity index is 1.64. The number of hydrazine groups is 1. The van der Waals surface area contributed by atoms with E-state index in [2.05, 4.69) is 31.7 Å². The molecule has 2 rings (SSSR count). The lowest BCUT2D eigenvalue weighted by molar-refractivity contribution is -0.122. The second-order valence-electron chi connectivity index (χ2n) is 4.20. The number of nitrogens with zero attached hydrogens (tertiary/aromatic N) is 4. The summed E-state index contributed by atoms with van der Waals surface area (Å²) in [7, 11) is 1.79. The molecule has 18 heavy (non-hydrogen) atoms. The lowest BCUT2D eigenvalue weighted by atomic mass is 10.1. The van der Waals surface area contributed by atoms with Crippen molar-refractivity contribution < 1.29 is 4.79 Å². The number of rotatable bonds is 5. The molecule has 2 atom stereocenters. The van der Waals surface area contributed by atoms with Gasteiger partial charge in [0, 0.05) is 25.4 Å². The van der Waals surface area contributed by atoms with Gasteiger partial charge in [-0.2, -0.15) is 0 Å². The highest BCUT2D eigenvalue weighted by Crippen LogP contribution is 2.10. The first-order valence-electron chi connectivity index (χ1n) is 5.80. The predicted molar refractivity (Wildman–Crippen MR) is 66.7 cm³/mol. The highest BCUT2D eigenvalue weighted by Gasteiger charge is 2.25. The summed E-state index contributed by atoms with van der Waals surface area (Å²) in [6.07, 6.45) is 0.812. The molecule has 3 N–H and O–H groups in total. The molecular weight excluding hydrogens is 254 g/mol. The van der Waals surface area contributed by atoms with E-state index in [1.54, 1.807) is 11.7 Å². The van der Waals surface area contributed by atoms with Gasteiger partial charge in [-0.1, -0.05) is 11.8 Å². The van der Waals surface area contributed by atoms with Crippen LogP contribution in [0, 0.1) is 0 Å². The van der Waals surface area contributed by atoms with Gasteiger partial charge in [0.15, 0.2) is 0 Å². The fourth-order valence-electron chi connectivity index (χ4n) is 1.67. The minimum atomic E-state index is -0.138. The number of nitrogens with one attached hydrogen (secondary N) is 3. The Kier molecular flexibility index (Phi) is 4.50. The Bertz CT molecular complexity index is 409. The van der Waals surface area contributed by atoms with Gasteiger partial charge in [-0.15, -0.1) is 5.10 Å². The third kappa shape index (κ3) is 3.40. The number of hydrogen-bond donors (Lipinski definition) is 3. The van der Waals surface area contributed by atoms with Gasteiger partial charge in [0.05, 0.1) is 0 Å². The maximum atomic E-state index is 11.8. The van der Waals surface area contributed by atoms with E-state index in [9.17, 15) is 4.79 Å². The standard InChI is InChI=1S/C9H17N7OS/c1-6-5-7(12-11-6)8(17)10-3-4-18-9-13-14-15-16(9)2/h6-7,11-12H,3-5H2,1-2H3,(H,10,17). The highest BCUT2D eigenvalue weighted by molar-refractivity contribution is 7.99. The number of thioether (sulfide) groups is 1. The lowest BCUT2D eigenvalue weighted by Gasteiger charge is -2.09. The van der Waals surface area contributed by atoms with Gasteiger partial charge in [-0.3, -0.25) is 10.2 Å². The number of tetrazole rings is 1. The van der Waals surface area contributed by atoms with Crippen LogP contribution in [-0.4, -0.2) is 50.5 Å². The zero-order chi connectivity index (χ0) is 13.0. The summed E-state index contributed by atoms with van der Waals surface area (Å²) < 4.78 is 1.61. The van der Waals surface area contributed by atoms with Gasteiger partial charge in [0.25, 0.3) is 0 Å². The summed E-state index contributed by atoms with van der Waals surface area (Å²) in [4.78, 5) is 11.8. The van der Waals surface area contributed by atoms with E-state index in [0.29, 0.717) is 12.6 Å². The SMILES string of the molecule is CC1CC(C(=O)NCCSc2nnnn2C)NN1. The topological polar surface area (TPSA) is 96.8 Å². The van der Waals surface area contributed by atoms with Gasteiger partial charge in [-0.25, -0.2) is 10.1 Å². The predicted octanol–water partition coefficient (Wildman–Crippen LogP) is -1.33. The Morgan fingerprint density at radius 1 is 1.61 bits per heavy atom. The zero-order valence-corrected chi connectivity index (χ0v) is 11.2. The maximum absolute atomic E-state index is 11.8. The largest absolute Gasteiger partial charge is 0.354 e. The summed E-state index contributed by atoms with van der Waals surface area (Å²) >= 11 is 1.51. The molecule has 9 heteroatoms. The van der Waals surface area contributed by atoms with Crippen LogP contribution in [0.3, 0.4) is 0 Å². The van der Waals surface area contributed by atoms with E-state index in [4.69, 9.17) is 0 Å². The number of carbonyl (C=O) groups is 1. The molecule has 1 aromatic heterocycles. The van der Waals surface area contributed by atoms with E-state index in [1.807, 2.05) is 6.92 Å². The summed E-state index contributed by atoms with van der Waals surface area (Å²) in [5.41, 5.74) is 5.99. The molecule has 1 amide bonds. The molecule has 1 saturated heterocycles. The molecule has 100 valence electrons. The monoisotopic (exact) mass is 271 g/mol. The van der Waals surface area contributed by atoms with E-state index in [-0.39, 0.29) is 11.9 Å². The second-order valence-corrected chi connectivity index (χ2v) is 5.26. The minimum absolute atomic E-state index is 0.0311. The van der Waals surface area contributed by atoms with Crippen LogP contribution in [0.25, 0.3) is 0 Å². The van der Waals surface area contributed by atoms with Crippen molar-refractivity contribution in [3.63, 3.8) is 0 Å². The zero-order valence-electron chi connectivity index (χ0n) is 10.4. The molecule has 1 aliphatic rings. The van der Waals surface area contributed by atoms with Crippen LogP contribution in [0.2, 0.25) is 0 Å². The van der Waals surface area contributed by atoms with Crippen LogP contribution in [0.4, 0.5) is 0 Å². The normalized spacial score (nSPS) is 23.2. The van der Waals surface area contributed by atoms with Crippen molar-refractivity contribution in [2.45, 2.75) is 30.6 Å². The van der Waals surface area contributed by atoms with Gasteiger partial charge >= 0.3 is 0 Å². The smallest absolute Gasteiger partial charge is 0.238 e. The molecule has 1 aliphatic heterocycles. The molecule has 0 aromatic carbocycles. The van der Waals surface area contributed by atoms with Gasteiger partial charge in [0.2, 0.25) is 11.1 Å². The Labute approximate surface area is 109 Å². The number of carbonyl (C=O) groups excluding carboxylic acids is 1. The molecule has 0 saturated carbocycles. The minimum Gasteiger partial charge on any atom is -0.354 e. The van der Waals surface area contributed by atoms with Gasteiger partial charge in [-0.05, 0) is 23.8 Å². The van der Waals surface area contributed by atoms with E-state index >= 15 is 0 Å². The summed E-state index contributed by atoms with van der Waals surface area (Å²) in [5, 5.41) is 14.8. The van der Waals surface area contributed by atoms with Crippen molar-refractivity contribution in [3.8, 4) is 0 Å². The average molecular weight is 271 g/mol. The molecule has 0 aliphatic carbocycles. The van der Waals surface area contributed by atoms with E-state index < -0.39 is 0 Å². The average Bonchev–Trinajstić information content (AvgIpc) is 2.94. The first-order valence-corrected chi connectivity index (χ1v) is 6.79. The number of hydrogen-bond acceptors (Lipinski definition) is 7. The Morgan fingerprint density at radius 2 is 2.44 bits per heavy atom. The molecule has 8 nitrogen and oxygen atoms in total. The van der Waals surface area contributed by atoms with Crippen molar-refractivity contribution in [2.75, 3.05) is 12.3 Å². The third-order valence-corrected chi connectivity index (χ3v) is 3.64. The number of amides is 1. The Morgan fingerprint density at radius 3 is 3.06 bits per heavy atom. The third-order valence-electron chi connectivity index (χ3n) is 2.62. The maximum Gasteiger partial charge on any atom is 0.238 e. The fraction of sp³-hybridized carbons (Fsp3) is 0.778. The molecule has 1 aromatic rings. The van der Waals surface area contributed by atoms with E-state index in [1.165, 1.54) is 11.8 Å². The lowest BCUT2D eigenvalue weighted by Crippen LogP contribution is -2.43. The summed E-state index contributed by atoms with van der Waals surface area (Å²) in [6, 6.07) is 0.196.